The number of hydrogen-bond donors (Lipinski definition) is 1. The molecular weight excluding hydrogens is 372 g/mol. The maximum atomic E-state index is 12.4. The molecule has 1 aliphatic rings. The molecule has 0 amide bonds. The zero-order valence-corrected chi connectivity index (χ0v) is 16.3. The number of morpholine rings is 1. The Bertz CT molecular complexity index is 848. The number of hydrogen-bond acceptors (Lipinski definition) is 4. The zero-order chi connectivity index (χ0) is 18.6. The first kappa shape index (κ1) is 19.2. The molecule has 5 nitrogen and oxygen atoms in total. The molecule has 26 heavy (non-hydrogen) atoms. The molecule has 2 aromatic carbocycles. The van der Waals surface area contributed by atoms with Crippen LogP contribution in [0.5, 0.6) is 0 Å². The molecule has 1 saturated heterocycles. The Kier molecular flexibility index (Phi) is 6.19. The first-order valence-electron chi connectivity index (χ1n) is 8.56. The molecule has 140 valence electrons. The third kappa shape index (κ3) is 5.45. The Balaban J connectivity index is 1.65. The molecule has 0 atom stereocenters. The van der Waals surface area contributed by atoms with Crippen molar-refractivity contribution in [1.29, 1.82) is 0 Å². The quantitative estimate of drug-likeness (QED) is 0.815. The van der Waals surface area contributed by atoms with Gasteiger partial charge in [0.05, 0.1) is 19.0 Å². The fourth-order valence-corrected chi connectivity index (χ4v) is 4.29. The Morgan fingerprint density at radius 1 is 1.12 bits per heavy atom. The van der Waals surface area contributed by atoms with Gasteiger partial charge in [-0.1, -0.05) is 47.5 Å². The second-order valence-corrected chi connectivity index (χ2v) is 8.67. The molecule has 0 unspecified atom stereocenters. The summed E-state index contributed by atoms with van der Waals surface area (Å²) in [4.78, 5) is 2.27. The second-order valence-electron chi connectivity index (χ2n) is 6.54. The number of halogens is 1. The number of aryl methyl sites for hydroxylation is 1. The molecule has 7 heteroatoms. The van der Waals surface area contributed by atoms with E-state index in [1.54, 1.807) is 12.1 Å². The van der Waals surface area contributed by atoms with Gasteiger partial charge in [0, 0.05) is 30.3 Å². The van der Waals surface area contributed by atoms with E-state index in [2.05, 4.69) is 9.62 Å². The summed E-state index contributed by atoms with van der Waals surface area (Å²) in [6, 6.07) is 12.8. The zero-order valence-electron chi connectivity index (χ0n) is 14.7. The summed E-state index contributed by atoms with van der Waals surface area (Å²) in [7, 11) is -3.49. The number of ether oxygens (including phenoxy) is 1. The van der Waals surface area contributed by atoms with Gasteiger partial charge < -0.3 is 4.74 Å². The molecule has 0 saturated carbocycles. The number of nitrogens with zero attached hydrogens (tertiary/aromatic N) is 1. The van der Waals surface area contributed by atoms with E-state index < -0.39 is 10.0 Å². The summed E-state index contributed by atoms with van der Waals surface area (Å²) in [5.41, 5.74) is 3.31. The van der Waals surface area contributed by atoms with Crippen molar-refractivity contribution in [1.82, 2.24) is 4.90 Å². The molecule has 0 spiro atoms. The first-order chi connectivity index (χ1) is 12.4. The van der Waals surface area contributed by atoms with Gasteiger partial charge in [-0.2, -0.15) is 0 Å². The highest BCUT2D eigenvalue weighted by atomic mass is 35.5. The Morgan fingerprint density at radius 2 is 1.81 bits per heavy atom. The Hall–Kier alpha value is -1.60. The second kappa shape index (κ2) is 8.39. The fourth-order valence-electron chi connectivity index (χ4n) is 2.86. The van der Waals surface area contributed by atoms with Crippen molar-refractivity contribution in [2.45, 2.75) is 19.2 Å². The average Bonchev–Trinajstić information content (AvgIpc) is 2.60. The van der Waals surface area contributed by atoms with E-state index in [-0.39, 0.29) is 5.75 Å². The molecule has 3 rings (SSSR count). The fraction of sp³-hybridized carbons (Fsp3) is 0.368. The van der Waals surface area contributed by atoms with Crippen LogP contribution in [0, 0.1) is 6.92 Å². The van der Waals surface area contributed by atoms with E-state index in [9.17, 15) is 8.42 Å². The van der Waals surface area contributed by atoms with Crippen molar-refractivity contribution in [3.8, 4) is 0 Å². The Morgan fingerprint density at radius 3 is 2.46 bits per heavy atom. The van der Waals surface area contributed by atoms with Gasteiger partial charge >= 0.3 is 0 Å². The summed E-state index contributed by atoms with van der Waals surface area (Å²) in [6.07, 6.45) is 0. The van der Waals surface area contributed by atoms with Crippen molar-refractivity contribution in [2.24, 2.45) is 0 Å². The van der Waals surface area contributed by atoms with Crippen LogP contribution >= 0.6 is 11.6 Å². The SMILES string of the molecule is Cc1ccc(CS(=O)(=O)Nc2ccc(CN3CCOCC3)c(Cl)c2)cc1. The molecule has 1 aliphatic heterocycles. The van der Waals surface area contributed by atoms with Gasteiger partial charge in [0.25, 0.3) is 0 Å². The minimum absolute atomic E-state index is 0.0690. The molecule has 1 heterocycles. The smallest absolute Gasteiger partial charge is 0.236 e. The topological polar surface area (TPSA) is 58.6 Å². The predicted molar refractivity (Wildman–Crippen MR) is 105 cm³/mol. The number of anilines is 1. The molecule has 1 N–H and O–H groups in total. The molecule has 0 aromatic heterocycles. The molecule has 0 radical (unpaired) electrons. The lowest BCUT2D eigenvalue weighted by atomic mass is 10.2. The maximum absolute atomic E-state index is 12.4. The van der Waals surface area contributed by atoms with Crippen LogP contribution in [-0.4, -0.2) is 39.6 Å². The van der Waals surface area contributed by atoms with Gasteiger partial charge in [-0.25, -0.2) is 8.42 Å². The molecule has 1 fully saturated rings. The third-order valence-corrected chi connectivity index (χ3v) is 5.91. The monoisotopic (exact) mass is 394 g/mol. The minimum Gasteiger partial charge on any atom is -0.379 e. The molecular formula is C19H23ClN2O3S. The first-order valence-corrected chi connectivity index (χ1v) is 10.6. The normalized spacial score (nSPS) is 15.8. The number of benzene rings is 2. The summed E-state index contributed by atoms with van der Waals surface area (Å²) in [5.74, 6) is -0.0690. The van der Waals surface area contributed by atoms with Crippen LogP contribution in [0.2, 0.25) is 5.02 Å². The maximum Gasteiger partial charge on any atom is 0.236 e. The highest BCUT2D eigenvalue weighted by molar-refractivity contribution is 7.91. The van der Waals surface area contributed by atoms with E-state index in [4.69, 9.17) is 16.3 Å². The molecule has 2 aromatic rings. The van der Waals surface area contributed by atoms with Crippen LogP contribution in [-0.2, 0) is 27.1 Å². The average molecular weight is 395 g/mol. The van der Waals surface area contributed by atoms with Crippen LogP contribution in [0.15, 0.2) is 42.5 Å². The number of sulfonamides is 1. The van der Waals surface area contributed by atoms with Crippen LogP contribution in [0.3, 0.4) is 0 Å². The van der Waals surface area contributed by atoms with E-state index in [0.717, 1.165) is 49.5 Å². The van der Waals surface area contributed by atoms with Gasteiger partial charge in [0.15, 0.2) is 0 Å². The van der Waals surface area contributed by atoms with Crippen molar-refractivity contribution in [2.75, 3.05) is 31.0 Å². The minimum atomic E-state index is -3.49. The van der Waals surface area contributed by atoms with Crippen LogP contribution in [0.25, 0.3) is 0 Å². The predicted octanol–water partition coefficient (Wildman–Crippen LogP) is 3.42. The number of rotatable bonds is 6. The Labute approximate surface area is 160 Å². The van der Waals surface area contributed by atoms with E-state index >= 15 is 0 Å². The van der Waals surface area contributed by atoms with Gasteiger partial charge in [-0.3, -0.25) is 9.62 Å². The van der Waals surface area contributed by atoms with Crippen molar-refractivity contribution >= 4 is 27.3 Å². The van der Waals surface area contributed by atoms with Crippen LogP contribution in [0.4, 0.5) is 5.69 Å². The van der Waals surface area contributed by atoms with Gasteiger partial charge in [0.2, 0.25) is 10.0 Å². The molecule has 0 bridgehead atoms. The highest BCUT2D eigenvalue weighted by Gasteiger charge is 2.15. The number of nitrogens with one attached hydrogen (secondary N) is 1. The van der Waals surface area contributed by atoms with Crippen molar-refractivity contribution in [3.05, 3.63) is 64.2 Å². The highest BCUT2D eigenvalue weighted by Crippen LogP contribution is 2.24. The lowest BCUT2D eigenvalue weighted by Gasteiger charge is -2.27. The van der Waals surface area contributed by atoms with E-state index in [1.165, 1.54) is 0 Å². The lowest BCUT2D eigenvalue weighted by Crippen LogP contribution is -2.35. The van der Waals surface area contributed by atoms with Crippen molar-refractivity contribution in [3.63, 3.8) is 0 Å². The summed E-state index contributed by atoms with van der Waals surface area (Å²) in [5, 5.41) is 0.562. The third-order valence-electron chi connectivity index (χ3n) is 4.30. The van der Waals surface area contributed by atoms with Crippen LogP contribution in [0.1, 0.15) is 16.7 Å². The van der Waals surface area contributed by atoms with Gasteiger partial charge in [0.1, 0.15) is 0 Å². The lowest BCUT2D eigenvalue weighted by molar-refractivity contribution is 0.0342. The van der Waals surface area contributed by atoms with E-state index in [0.29, 0.717) is 10.7 Å². The summed E-state index contributed by atoms with van der Waals surface area (Å²) >= 11 is 6.36. The van der Waals surface area contributed by atoms with E-state index in [1.807, 2.05) is 37.3 Å². The summed E-state index contributed by atoms with van der Waals surface area (Å²) < 4.78 is 32.7. The van der Waals surface area contributed by atoms with Gasteiger partial charge in [-0.15, -0.1) is 0 Å². The largest absolute Gasteiger partial charge is 0.379 e. The summed E-state index contributed by atoms with van der Waals surface area (Å²) in [6.45, 7) is 5.92. The molecule has 0 aliphatic carbocycles. The van der Waals surface area contributed by atoms with Crippen LogP contribution < -0.4 is 4.72 Å². The standard InChI is InChI=1S/C19H23ClN2O3S/c1-15-2-4-16(5-3-15)14-26(23,24)21-18-7-6-17(19(20)12-18)13-22-8-10-25-11-9-22/h2-7,12,21H,8-11,13-14H2,1H3. The van der Waals surface area contributed by atoms with Crippen molar-refractivity contribution < 1.29 is 13.2 Å². The van der Waals surface area contributed by atoms with Gasteiger partial charge in [-0.05, 0) is 30.2 Å².